The van der Waals surface area contributed by atoms with Crippen LogP contribution < -0.4 is 10.5 Å². The Balaban J connectivity index is 3.07. The van der Waals surface area contributed by atoms with E-state index in [1.807, 2.05) is 6.92 Å². The molecule has 4 heteroatoms. The van der Waals surface area contributed by atoms with Crippen molar-refractivity contribution in [1.29, 1.82) is 0 Å². The minimum atomic E-state index is -0.455. The minimum absolute atomic E-state index is 0.103. The topological polar surface area (TPSA) is 35.2 Å². The summed E-state index contributed by atoms with van der Waals surface area (Å²) in [6.07, 6.45) is 0.740. The van der Waals surface area contributed by atoms with Crippen LogP contribution in [-0.4, -0.2) is 6.61 Å². The fourth-order valence-electron chi connectivity index (χ4n) is 1.31. The van der Waals surface area contributed by atoms with Crippen molar-refractivity contribution in [2.75, 3.05) is 6.61 Å². The molecule has 84 valence electrons. The summed E-state index contributed by atoms with van der Waals surface area (Å²) in [6.45, 7) is 4.10. The molecule has 1 aromatic carbocycles. The van der Waals surface area contributed by atoms with Crippen molar-refractivity contribution < 1.29 is 9.13 Å². The van der Waals surface area contributed by atoms with Gasteiger partial charge in [0.05, 0.1) is 11.6 Å². The lowest BCUT2D eigenvalue weighted by molar-refractivity contribution is 0.321. The first-order valence-corrected chi connectivity index (χ1v) is 5.35. The Morgan fingerprint density at radius 2 is 2.13 bits per heavy atom. The third-order valence-electron chi connectivity index (χ3n) is 2.18. The molecule has 0 aliphatic heterocycles. The molecule has 0 amide bonds. The van der Waals surface area contributed by atoms with Crippen molar-refractivity contribution in [2.45, 2.75) is 26.3 Å². The first-order valence-electron chi connectivity index (χ1n) is 4.97. The van der Waals surface area contributed by atoms with Gasteiger partial charge >= 0.3 is 0 Å². The molecule has 0 saturated carbocycles. The molecule has 0 aliphatic rings. The summed E-state index contributed by atoms with van der Waals surface area (Å²) < 4.78 is 18.6. The molecule has 0 spiro atoms. The third-order valence-corrected chi connectivity index (χ3v) is 2.46. The van der Waals surface area contributed by atoms with Crippen molar-refractivity contribution in [1.82, 2.24) is 0 Å². The summed E-state index contributed by atoms with van der Waals surface area (Å²) in [7, 11) is 0. The van der Waals surface area contributed by atoms with Gasteiger partial charge in [-0.2, -0.15) is 0 Å². The number of rotatable bonds is 4. The Morgan fingerprint density at radius 3 is 2.60 bits per heavy atom. The Kier molecular flexibility index (Phi) is 4.36. The molecule has 0 aliphatic carbocycles. The molecule has 0 radical (unpaired) electrons. The molecule has 0 heterocycles. The van der Waals surface area contributed by atoms with Crippen molar-refractivity contribution in [3.63, 3.8) is 0 Å². The number of halogens is 2. The summed E-state index contributed by atoms with van der Waals surface area (Å²) in [5, 5.41) is 0.274. The molecule has 0 unspecified atom stereocenters. The van der Waals surface area contributed by atoms with Gasteiger partial charge in [-0.05, 0) is 31.0 Å². The Bertz CT molecular complexity index is 320. The Labute approximate surface area is 94.2 Å². The van der Waals surface area contributed by atoms with E-state index in [-0.39, 0.29) is 16.8 Å². The molecule has 2 N–H and O–H groups in total. The fourth-order valence-corrected chi connectivity index (χ4v) is 1.58. The van der Waals surface area contributed by atoms with E-state index >= 15 is 0 Å². The monoisotopic (exact) mass is 231 g/mol. The van der Waals surface area contributed by atoms with Crippen LogP contribution in [0.5, 0.6) is 5.75 Å². The highest BCUT2D eigenvalue weighted by atomic mass is 35.5. The summed E-state index contributed by atoms with van der Waals surface area (Å²) in [4.78, 5) is 0. The standard InChI is InChI=1S/C11H15ClFNO/c1-3-10(14)7-5-8(12)11(15-4-2)9(13)6-7/h5-6,10H,3-4,14H2,1-2H3/t10-/m0/s1. The van der Waals surface area contributed by atoms with Crippen LogP contribution in [0.25, 0.3) is 0 Å². The molecule has 1 atom stereocenters. The summed E-state index contributed by atoms with van der Waals surface area (Å²) >= 11 is 5.89. The molecule has 15 heavy (non-hydrogen) atoms. The highest BCUT2D eigenvalue weighted by Crippen LogP contribution is 2.31. The van der Waals surface area contributed by atoms with E-state index in [9.17, 15) is 4.39 Å². The molecule has 1 rings (SSSR count). The van der Waals surface area contributed by atoms with E-state index in [4.69, 9.17) is 22.1 Å². The maximum absolute atomic E-state index is 13.5. The number of nitrogens with two attached hydrogens (primary N) is 1. The molecule has 0 fully saturated rings. The molecule has 1 aromatic rings. The second-order valence-electron chi connectivity index (χ2n) is 3.26. The number of hydrogen-bond donors (Lipinski definition) is 1. The van der Waals surface area contributed by atoms with Crippen LogP contribution in [0, 0.1) is 5.82 Å². The molecule has 2 nitrogen and oxygen atoms in total. The van der Waals surface area contributed by atoms with Crippen LogP contribution in [0.2, 0.25) is 5.02 Å². The van der Waals surface area contributed by atoms with Crippen LogP contribution in [0.1, 0.15) is 31.9 Å². The maximum Gasteiger partial charge on any atom is 0.173 e. The van der Waals surface area contributed by atoms with E-state index in [0.29, 0.717) is 12.2 Å². The van der Waals surface area contributed by atoms with Gasteiger partial charge in [0, 0.05) is 6.04 Å². The zero-order chi connectivity index (χ0) is 11.4. The average Bonchev–Trinajstić information content (AvgIpc) is 2.22. The van der Waals surface area contributed by atoms with Crippen LogP contribution in [0.15, 0.2) is 12.1 Å². The van der Waals surface area contributed by atoms with Gasteiger partial charge in [-0.25, -0.2) is 4.39 Å². The summed E-state index contributed by atoms with van der Waals surface area (Å²) in [6, 6.07) is 2.85. The molecular weight excluding hydrogens is 217 g/mol. The largest absolute Gasteiger partial charge is 0.489 e. The molecule has 0 saturated heterocycles. The smallest absolute Gasteiger partial charge is 0.173 e. The zero-order valence-electron chi connectivity index (χ0n) is 8.89. The van der Waals surface area contributed by atoms with Crippen molar-refractivity contribution in [2.24, 2.45) is 5.73 Å². The summed E-state index contributed by atoms with van der Waals surface area (Å²) in [5.74, 6) is -0.352. The van der Waals surface area contributed by atoms with Crippen molar-refractivity contribution in [3.8, 4) is 5.75 Å². The molecule has 0 bridgehead atoms. The first-order chi connectivity index (χ1) is 7.10. The SMILES string of the molecule is CCOc1c(F)cc([C@@H](N)CC)cc1Cl. The first kappa shape index (κ1) is 12.3. The van der Waals surface area contributed by atoms with Gasteiger partial charge < -0.3 is 10.5 Å². The lowest BCUT2D eigenvalue weighted by atomic mass is 10.1. The van der Waals surface area contributed by atoms with Gasteiger partial charge in [0.15, 0.2) is 11.6 Å². The number of ether oxygens (including phenoxy) is 1. The number of hydrogen-bond acceptors (Lipinski definition) is 2. The summed E-state index contributed by atoms with van der Waals surface area (Å²) in [5.41, 5.74) is 6.49. The van der Waals surface area contributed by atoms with Crippen LogP contribution in [0.4, 0.5) is 4.39 Å². The molecular formula is C11H15ClFNO. The minimum Gasteiger partial charge on any atom is -0.489 e. The second kappa shape index (κ2) is 5.33. The maximum atomic E-state index is 13.5. The van der Waals surface area contributed by atoms with Crippen molar-refractivity contribution >= 4 is 11.6 Å². The van der Waals surface area contributed by atoms with Gasteiger partial charge in [-0.1, -0.05) is 18.5 Å². The van der Waals surface area contributed by atoms with Crippen LogP contribution in [0.3, 0.4) is 0 Å². The predicted molar refractivity (Wildman–Crippen MR) is 59.8 cm³/mol. The lowest BCUT2D eigenvalue weighted by Crippen LogP contribution is -2.09. The van der Waals surface area contributed by atoms with E-state index in [1.165, 1.54) is 6.07 Å². The van der Waals surface area contributed by atoms with Gasteiger partial charge in [0.25, 0.3) is 0 Å². The van der Waals surface area contributed by atoms with Gasteiger partial charge in [-0.15, -0.1) is 0 Å². The zero-order valence-corrected chi connectivity index (χ0v) is 9.64. The van der Waals surface area contributed by atoms with Crippen LogP contribution in [-0.2, 0) is 0 Å². The lowest BCUT2D eigenvalue weighted by Gasteiger charge is -2.13. The highest BCUT2D eigenvalue weighted by Gasteiger charge is 2.13. The third kappa shape index (κ3) is 2.83. The normalized spacial score (nSPS) is 12.6. The van der Waals surface area contributed by atoms with E-state index < -0.39 is 5.82 Å². The van der Waals surface area contributed by atoms with E-state index in [0.717, 1.165) is 6.42 Å². The van der Waals surface area contributed by atoms with Gasteiger partial charge in [-0.3, -0.25) is 0 Å². The van der Waals surface area contributed by atoms with E-state index in [2.05, 4.69) is 0 Å². The van der Waals surface area contributed by atoms with E-state index in [1.54, 1.807) is 13.0 Å². The van der Waals surface area contributed by atoms with Crippen LogP contribution >= 0.6 is 11.6 Å². The average molecular weight is 232 g/mol. The van der Waals surface area contributed by atoms with Gasteiger partial charge in [0.2, 0.25) is 0 Å². The molecule has 0 aromatic heterocycles. The highest BCUT2D eigenvalue weighted by molar-refractivity contribution is 6.32. The quantitative estimate of drug-likeness (QED) is 0.863. The Morgan fingerprint density at radius 1 is 1.47 bits per heavy atom. The van der Waals surface area contributed by atoms with Gasteiger partial charge in [0.1, 0.15) is 0 Å². The number of benzene rings is 1. The second-order valence-corrected chi connectivity index (χ2v) is 3.67. The predicted octanol–water partition coefficient (Wildman–Crippen LogP) is 3.29. The Hall–Kier alpha value is -0.800. The van der Waals surface area contributed by atoms with Crippen molar-refractivity contribution in [3.05, 3.63) is 28.5 Å². The fraction of sp³-hybridized carbons (Fsp3) is 0.455.